The van der Waals surface area contributed by atoms with E-state index < -0.39 is 11.9 Å². The van der Waals surface area contributed by atoms with Crippen molar-refractivity contribution >= 4 is 35.0 Å². The van der Waals surface area contributed by atoms with Gasteiger partial charge in [0.15, 0.2) is 6.61 Å². The van der Waals surface area contributed by atoms with Crippen molar-refractivity contribution in [3.8, 4) is 5.75 Å². The molecule has 0 heterocycles. The summed E-state index contributed by atoms with van der Waals surface area (Å²) in [7, 11) is 0. The van der Waals surface area contributed by atoms with Crippen molar-refractivity contribution in [2.75, 3.05) is 13.2 Å². The topological polar surface area (TPSA) is 58.6 Å². The maximum absolute atomic E-state index is 13.2. The number of ether oxygens (including phenoxy) is 1. The number of carbonyl (C=O) groups excluding carboxylic acids is 2. The van der Waals surface area contributed by atoms with Crippen molar-refractivity contribution in [3.63, 3.8) is 0 Å². The number of amides is 2. The average molecular weight is 441 g/mol. The van der Waals surface area contributed by atoms with E-state index in [-0.39, 0.29) is 29.9 Å². The van der Waals surface area contributed by atoms with E-state index in [0.717, 1.165) is 0 Å². The summed E-state index contributed by atoms with van der Waals surface area (Å²) >= 11 is 12.0. The average Bonchev–Trinajstić information content (AvgIpc) is 2.68. The molecule has 0 aliphatic rings. The van der Waals surface area contributed by atoms with Gasteiger partial charge in [0.05, 0.1) is 5.02 Å². The molecule has 5 nitrogen and oxygen atoms in total. The summed E-state index contributed by atoms with van der Waals surface area (Å²) < 4.78 is 18.8. The molecule has 2 aromatic carbocycles. The Morgan fingerprint density at radius 3 is 2.41 bits per heavy atom. The van der Waals surface area contributed by atoms with Gasteiger partial charge in [-0.05, 0) is 49.2 Å². The van der Waals surface area contributed by atoms with Crippen molar-refractivity contribution in [1.82, 2.24) is 10.2 Å². The van der Waals surface area contributed by atoms with Gasteiger partial charge < -0.3 is 15.0 Å². The molecule has 2 aromatic rings. The van der Waals surface area contributed by atoms with Crippen molar-refractivity contribution in [1.29, 1.82) is 0 Å². The molecule has 2 amide bonds. The van der Waals surface area contributed by atoms with E-state index in [1.807, 2.05) is 13.8 Å². The Balaban J connectivity index is 2.20. The summed E-state index contributed by atoms with van der Waals surface area (Å²) in [5, 5.41) is 3.48. The second kappa shape index (κ2) is 11.0. The number of nitrogens with one attached hydrogen (secondary N) is 1. The molecule has 0 spiro atoms. The van der Waals surface area contributed by atoms with E-state index in [4.69, 9.17) is 27.9 Å². The molecule has 0 aliphatic heterocycles. The predicted octanol–water partition coefficient (Wildman–Crippen LogP) is 4.45. The van der Waals surface area contributed by atoms with Crippen LogP contribution in [0.1, 0.15) is 25.8 Å². The molecule has 0 aromatic heterocycles. The van der Waals surface area contributed by atoms with E-state index in [1.54, 1.807) is 24.3 Å². The number of hydrogen-bond acceptors (Lipinski definition) is 3. The molecule has 0 radical (unpaired) electrons. The third kappa shape index (κ3) is 6.61. The summed E-state index contributed by atoms with van der Waals surface area (Å²) in [4.78, 5) is 26.9. The highest BCUT2D eigenvalue weighted by Gasteiger charge is 2.28. The lowest BCUT2D eigenvalue weighted by molar-refractivity contribution is -0.142. The minimum absolute atomic E-state index is 0.145. The SMILES string of the molecule is CCNC(=O)C(CC)N(Cc1ccc(F)cc1)C(=O)COc1ccc(Cl)cc1Cl. The van der Waals surface area contributed by atoms with Gasteiger partial charge in [0, 0.05) is 18.1 Å². The van der Waals surface area contributed by atoms with Crippen LogP contribution in [0, 0.1) is 5.82 Å². The third-order valence-electron chi connectivity index (χ3n) is 4.25. The predicted molar refractivity (Wildman–Crippen MR) is 112 cm³/mol. The van der Waals surface area contributed by atoms with Crippen LogP contribution in [-0.2, 0) is 16.1 Å². The number of hydrogen-bond donors (Lipinski definition) is 1. The lowest BCUT2D eigenvalue weighted by atomic mass is 10.1. The van der Waals surface area contributed by atoms with Crippen LogP contribution in [0.2, 0.25) is 10.0 Å². The molecule has 29 heavy (non-hydrogen) atoms. The summed E-state index contributed by atoms with van der Waals surface area (Å²) in [6.45, 7) is 3.92. The molecule has 2 rings (SSSR count). The lowest BCUT2D eigenvalue weighted by Gasteiger charge is -2.30. The number of rotatable bonds is 9. The van der Waals surface area contributed by atoms with Gasteiger partial charge in [-0.2, -0.15) is 0 Å². The van der Waals surface area contributed by atoms with Crippen LogP contribution < -0.4 is 10.1 Å². The third-order valence-corrected chi connectivity index (χ3v) is 4.78. The zero-order valence-corrected chi connectivity index (χ0v) is 17.8. The highest BCUT2D eigenvalue weighted by molar-refractivity contribution is 6.35. The molecule has 0 bridgehead atoms. The molecular weight excluding hydrogens is 418 g/mol. The van der Waals surface area contributed by atoms with E-state index >= 15 is 0 Å². The van der Waals surface area contributed by atoms with Gasteiger partial charge in [-0.1, -0.05) is 42.3 Å². The fourth-order valence-electron chi connectivity index (χ4n) is 2.81. The van der Waals surface area contributed by atoms with Crippen LogP contribution >= 0.6 is 23.2 Å². The first kappa shape index (κ1) is 23.0. The minimum atomic E-state index is -0.684. The number of benzene rings is 2. The van der Waals surface area contributed by atoms with Crippen LogP contribution in [0.3, 0.4) is 0 Å². The first-order valence-electron chi connectivity index (χ1n) is 9.25. The van der Waals surface area contributed by atoms with Gasteiger partial charge in [0.2, 0.25) is 5.91 Å². The Labute approximate surface area is 179 Å². The van der Waals surface area contributed by atoms with Crippen molar-refractivity contribution in [3.05, 3.63) is 63.9 Å². The van der Waals surface area contributed by atoms with Crippen molar-refractivity contribution in [2.45, 2.75) is 32.9 Å². The quantitative estimate of drug-likeness (QED) is 0.626. The van der Waals surface area contributed by atoms with E-state index in [1.165, 1.54) is 23.1 Å². The van der Waals surface area contributed by atoms with Gasteiger partial charge in [0.1, 0.15) is 17.6 Å². The number of halogens is 3. The molecule has 8 heteroatoms. The lowest BCUT2D eigenvalue weighted by Crippen LogP contribution is -2.50. The second-order valence-electron chi connectivity index (χ2n) is 6.33. The zero-order valence-electron chi connectivity index (χ0n) is 16.3. The Morgan fingerprint density at radius 1 is 1.14 bits per heavy atom. The standard InChI is InChI=1S/C21H23Cl2FN2O3/c1-3-18(21(28)25-4-2)26(12-14-5-8-16(24)9-6-14)20(27)13-29-19-10-7-15(22)11-17(19)23/h5-11,18H,3-4,12-13H2,1-2H3,(H,25,28). The van der Waals surface area contributed by atoms with E-state index in [9.17, 15) is 14.0 Å². The smallest absolute Gasteiger partial charge is 0.261 e. The van der Waals surface area contributed by atoms with Gasteiger partial charge in [-0.3, -0.25) is 9.59 Å². The molecule has 0 saturated carbocycles. The first-order valence-corrected chi connectivity index (χ1v) is 10.0. The normalized spacial score (nSPS) is 11.6. The Kier molecular flexibility index (Phi) is 8.73. The van der Waals surface area contributed by atoms with Crippen LogP contribution in [0.4, 0.5) is 4.39 Å². The van der Waals surface area contributed by atoms with Gasteiger partial charge in [0.25, 0.3) is 5.91 Å². The van der Waals surface area contributed by atoms with E-state index in [2.05, 4.69) is 5.32 Å². The summed E-state index contributed by atoms with van der Waals surface area (Å²) in [5.74, 6) is -0.700. The first-order chi connectivity index (χ1) is 13.8. The summed E-state index contributed by atoms with van der Waals surface area (Å²) in [6.07, 6.45) is 0.417. The van der Waals surface area contributed by atoms with Gasteiger partial charge >= 0.3 is 0 Å². The Hall–Kier alpha value is -2.31. The number of nitrogens with zero attached hydrogens (tertiary/aromatic N) is 1. The van der Waals surface area contributed by atoms with Gasteiger partial charge in [-0.15, -0.1) is 0 Å². The maximum atomic E-state index is 13.2. The minimum Gasteiger partial charge on any atom is -0.482 e. The zero-order chi connectivity index (χ0) is 21.4. The highest BCUT2D eigenvalue weighted by Crippen LogP contribution is 2.27. The fraction of sp³-hybridized carbons (Fsp3) is 0.333. The second-order valence-corrected chi connectivity index (χ2v) is 7.17. The van der Waals surface area contributed by atoms with Crippen molar-refractivity contribution < 1.29 is 18.7 Å². The molecule has 1 unspecified atom stereocenters. The van der Waals surface area contributed by atoms with Crippen molar-refractivity contribution in [2.24, 2.45) is 0 Å². The largest absolute Gasteiger partial charge is 0.482 e. The van der Waals surface area contributed by atoms with Gasteiger partial charge in [-0.25, -0.2) is 4.39 Å². The molecular formula is C21H23Cl2FN2O3. The summed E-state index contributed by atoms with van der Waals surface area (Å²) in [5.41, 5.74) is 0.701. The summed E-state index contributed by atoms with van der Waals surface area (Å²) in [6, 6.07) is 9.80. The molecule has 0 saturated heterocycles. The monoisotopic (exact) mass is 440 g/mol. The maximum Gasteiger partial charge on any atom is 0.261 e. The van der Waals surface area contributed by atoms with Crippen LogP contribution in [0.15, 0.2) is 42.5 Å². The van der Waals surface area contributed by atoms with Crippen LogP contribution in [0.5, 0.6) is 5.75 Å². The van der Waals surface area contributed by atoms with Crippen LogP contribution in [-0.4, -0.2) is 35.9 Å². The Morgan fingerprint density at radius 2 is 1.83 bits per heavy atom. The molecule has 0 fully saturated rings. The number of likely N-dealkylation sites (N-methyl/N-ethyl adjacent to an activating group) is 1. The highest BCUT2D eigenvalue weighted by atomic mass is 35.5. The molecule has 1 N–H and O–H groups in total. The molecule has 1 atom stereocenters. The molecule has 156 valence electrons. The van der Waals surface area contributed by atoms with E-state index in [0.29, 0.717) is 29.3 Å². The molecule has 0 aliphatic carbocycles. The Bertz CT molecular complexity index is 846. The van der Waals surface area contributed by atoms with Crippen LogP contribution in [0.25, 0.3) is 0 Å². The fourth-order valence-corrected chi connectivity index (χ4v) is 3.28. The number of carbonyl (C=O) groups is 2.